The highest BCUT2D eigenvalue weighted by Crippen LogP contribution is 2.33. The van der Waals surface area contributed by atoms with Gasteiger partial charge in [-0.05, 0) is 30.7 Å². The van der Waals surface area contributed by atoms with Crippen LogP contribution in [0.25, 0.3) is 11.1 Å². The Labute approximate surface area is 117 Å². The van der Waals surface area contributed by atoms with Crippen molar-refractivity contribution in [3.05, 3.63) is 45.9 Å². The van der Waals surface area contributed by atoms with E-state index in [1.54, 1.807) is 14.2 Å². The normalized spacial score (nSPS) is 10.4. The molecular weight excluding hydrogens is 256 g/mol. The number of rotatable bonds is 4. The molecule has 0 saturated heterocycles. The van der Waals surface area contributed by atoms with Crippen LogP contribution in [-0.2, 0) is 6.54 Å². The summed E-state index contributed by atoms with van der Waals surface area (Å²) in [5.74, 6) is 1.31. The topological polar surface area (TPSA) is 77.3 Å². The van der Waals surface area contributed by atoms with Crippen LogP contribution in [0, 0.1) is 6.92 Å². The van der Waals surface area contributed by atoms with Crippen LogP contribution < -0.4 is 20.8 Å². The van der Waals surface area contributed by atoms with Crippen LogP contribution >= 0.6 is 0 Å². The molecule has 0 radical (unpaired) electrons. The lowest BCUT2D eigenvalue weighted by molar-refractivity contribution is 0.355. The van der Waals surface area contributed by atoms with Crippen molar-refractivity contribution < 1.29 is 9.47 Å². The number of benzene rings is 1. The maximum Gasteiger partial charge on any atom is 0.252 e. The third-order valence-corrected chi connectivity index (χ3v) is 3.23. The SMILES string of the molecule is COc1ccc(-c2cc(CN)c(=O)[nH]c2C)cc1OC. The summed E-state index contributed by atoms with van der Waals surface area (Å²) in [7, 11) is 3.18. The van der Waals surface area contributed by atoms with E-state index in [0.29, 0.717) is 17.1 Å². The first-order valence-electron chi connectivity index (χ1n) is 6.26. The third kappa shape index (κ3) is 2.53. The van der Waals surface area contributed by atoms with E-state index in [9.17, 15) is 4.79 Å². The van der Waals surface area contributed by atoms with Crippen molar-refractivity contribution >= 4 is 0 Å². The molecule has 0 atom stereocenters. The van der Waals surface area contributed by atoms with Gasteiger partial charge in [0, 0.05) is 23.4 Å². The standard InChI is InChI=1S/C15H18N2O3/c1-9-12(6-11(8-16)15(18)17-9)10-4-5-13(19-2)14(7-10)20-3/h4-7H,8,16H2,1-3H3,(H,17,18). The molecule has 2 rings (SSSR count). The first kappa shape index (κ1) is 14.1. The van der Waals surface area contributed by atoms with Crippen LogP contribution in [0.2, 0.25) is 0 Å². The number of aromatic nitrogens is 1. The van der Waals surface area contributed by atoms with E-state index < -0.39 is 0 Å². The summed E-state index contributed by atoms with van der Waals surface area (Å²) in [5.41, 5.74) is 8.65. The van der Waals surface area contributed by atoms with E-state index in [1.165, 1.54) is 0 Å². The summed E-state index contributed by atoms with van der Waals surface area (Å²) in [6, 6.07) is 7.44. The Balaban J connectivity index is 2.59. The Morgan fingerprint density at radius 3 is 2.45 bits per heavy atom. The Bertz CT molecular complexity index is 677. The number of nitrogens with one attached hydrogen (secondary N) is 1. The molecule has 0 fully saturated rings. The van der Waals surface area contributed by atoms with E-state index in [-0.39, 0.29) is 12.1 Å². The predicted molar refractivity (Wildman–Crippen MR) is 78.2 cm³/mol. The van der Waals surface area contributed by atoms with Gasteiger partial charge in [-0.15, -0.1) is 0 Å². The van der Waals surface area contributed by atoms with Crippen LogP contribution in [0.1, 0.15) is 11.3 Å². The Morgan fingerprint density at radius 1 is 1.15 bits per heavy atom. The first-order chi connectivity index (χ1) is 9.60. The van der Waals surface area contributed by atoms with Crippen LogP contribution in [-0.4, -0.2) is 19.2 Å². The highest BCUT2D eigenvalue weighted by atomic mass is 16.5. The fraction of sp³-hybridized carbons (Fsp3) is 0.267. The lowest BCUT2D eigenvalue weighted by Gasteiger charge is -2.12. The van der Waals surface area contributed by atoms with Crippen LogP contribution in [0.15, 0.2) is 29.1 Å². The first-order valence-corrected chi connectivity index (χ1v) is 6.26. The molecule has 0 bridgehead atoms. The smallest absolute Gasteiger partial charge is 0.252 e. The third-order valence-electron chi connectivity index (χ3n) is 3.23. The Kier molecular flexibility index (Phi) is 4.10. The molecule has 0 aliphatic rings. The average Bonchev–Trinajstić information content (AvgIpc) is 2.46. The van der Waals surface area contributed by atoms with Crippen molar-refractivity contribution in [1.82, 2.24) is 4.98 Å². The summed E-state index contributed by atoms with van der Waals surface area (Å²) < 4.78 is 10.5. The largest absolute Gasteiger partial charge is 0.493 e. The van der Waals surface area contributed by atoms with Crippen molar-refractivity contribution in [1.29, 1.82) is 0 Å². The molecule has 0 aliphatic carbocycles. The summed E-state index contributed by atoms with van der Waals surface area (Å²) in [6.07, 6.45) is 0. The van der Waals surface area contributed by atoms with E-state index >= 15 is 0 Å². The molecule has 20 heavy (non-hydrogen) atoms. The number of H-pyrrole nitrogens is 1. The second-order valence-corrected chi connectivity index (χ2v) is 4.44. The van der Waals surface area contributed by atoms with Gasteiger partial charge in [-0.2, -0.15) is 0 Å². The van der Waals surface area contributed by atoms with E-state index in [0.717, 1.165) is 16.8 Å². The summed E-state index contributed by atoms with van der Waals surface area (Å²) >= 11 is 0. The zero-order valence-electron chi connectivity index (χ0n) is 11.8. The van der Waals surface area contributed by atoms with Crippen molar-refractivity contribution in [3.8, 4) is 22.6 Å². The van der Waals surface area contributed by atoms with E-state index in [4.69, 9.17) is 15.2 Å². The number of ether oxygens (including phenoxy) is 2. The molecule has 1 aromatic heterocycles. The molecule has 3 N–H and O–H groups in total. The molecule has 0 aliphatic heterocycles. The molecule has 1 heterocycles. The average molecular weight is 274 g/mol. The van der Waals surface area contributed by atoms with Crippen molar-refractivity contribution in [3.63, 3.8) is 0 Å². The minimum absolute atomic E-state index is 0.144. The van der Waals surface area contributed by atoms with Gasteiger partial charge in [0.15, 0.2) is 11.5 Å². The molecule has 0 unspecified atom stereocenters. The fourth-order valence-electron chi connectivity index (χ4n) is 2.12. The highest BCUT2D eigenvalue weighted by Gasteiger charge is 2.10. The monoisotopic (exact) mass is 274 g/mol. The molecule has 1 aromatic carbocycles. The summed E-state index contributed by atoms with van der Waals surface area (Å²) in [4.78, 5) is 14.5. The maximum atomic E-state index is 11.7. The number of methoxy groups -OCH3 is 2. The quantitative estimate of drug-likeness (QED) is 0.891. The lowest BCUT2D eigenvalue weighted by atomic mass is 10.0. The zero-order valence-corrected chi connectivity index (χ0v) is 11.8. The Hall–Kier alpha value is -2.27. The molecule has 5 heteroatoms. The number of aromatic amines is 1. The Morgan fingerprint density at radius 2 is 1.85 bits per heavy atom. The number of aryl methyl sites for hydroxylation is 1. The number of hydrogen-bond donors (Lipinski definition) is 2. The van der Waals surface area contributed by atoms with Gasteiger partial charge in [-0.1, -0.05) is 6.07 Å². The van der Waals surface area contributed by atoms with Crippen molar-refractivity contribution in [2.75, 3.05) is 14.2 Å². The number of hydrogen-bond acceptors (Lipinski definition) is 4. The van der Waals surface area contributed by atoms with Crippen LogP contribution in [0.3, 0.4) is 0 Å². The van der Waals surface area contributed by atoms with Crippen LogP contribution in [0.4, 0.5) is 0 Å². The highest BCUT2D eigenvalue weighted by molar-refractivity contribution is 5.69. The zero-order chi connectivity index (χ0) is 14.7. The molecule has 0 saturated carbocycles. The summed E-state index contributed by atoms with van der Waals surface area (Å²) in [6.45, 7) is 2.06. The van der Waals surface area contributed by atoms with E-state index in [2.05, 4.69) is 4.98 Å². The second-order valence-electron chi connectivity index (χ2n) is 4.44. The van der Waals surface area contributed by atoms with Crippen LogP contribution in [0.5, 0.6) is 11.5 Å². The van der Waals surface area contributed by atoms with Gasteiger partial charge in [0.05, 0.1) is 14.2 Å². The second kappa shape index (κ2) is 5.79. The lowest BCUT2D eigenvalue weighted by Crippen LogP contribution is -2.17. The minimum atomic E-state index is -0.144. The predicted octanol–water partition coefficient (Wildman–Crippen LogP) is 1.83. The molecular formula is C15H18N2O3. The van der Waals surface area contributed by atoms with Gasteiger partial charge in [0.25, 0.3) is 5.56 Å². The minimum Gasteiger partial charge on any atom is -0.493 e. The van der Waals surface area contributed by atoms with Gasteiger partial charge in [0.2, 0.25) is 0 Å². The fourth-order valence-corrected chi connectivity index (χ4v) is 2.12. The van der Waals surface area contributed by atoms with Gasteiger partial charge in [-0.25, -0.2) is 0 Å². The van der Waals surface area contributed by atoms with Gasteiger partial charge >= 0.3 is 0 Å². The molecule has 2 aromatic rings. The molecule has 106 valence electrons. The van der Waals surface area contributed by atoms with Gasteiger partial charge in [0.1, 0.15) is 0 Å². The number of nitrogens with two attached hydrogens (primary N) is 1. The van der Waals surface area contributed by atoms with Gasteiger partial charge < -0.3 is 20.2 Å². The van der Waals surface area contributed by atoms with Crippen molar-refractivity contribution in [2.24, 2.45) is 5.73 Å². The molecule has 5 nitrogen and oxygen atoms in total. The molecule has 0 spiro atoms. The maximum absolute atomic E-state index is 11.7. The van der Waals surface area contributed by atoms with E-state index in [1.807, 2.05) is 31.2 Å². The van der Waals surface area contributed by atoms with Crippen molar-refractivity contribution in [2.45, 2.75) is 13.5 Å². The number of pyridine rings is 1. The van der Waals surface area contributed by atoms with Gasteiger partial charge in [-0.3, -0.25) is 4.79 Å². The summed E-state index contributed by atoms with van der Waals surface area (Å²) in [5, 5.41) is 0. The molecule has 0 amide bonds.